The normalized spacial score (nSPS) is 11.7. The maximum absolute atomic E-state index is 4.47. The molecule has 3 heteroatoms. The van der Waals surface area contributed by atoms with Crippen LogP contribution in [-0.4, -0.2) is 18.0 Å². The second-order valence-corrected chi connectivity index (χ2v) is 9.74. The molecule has 0 atom stereocenters. The van der Waals surface area contributed by atoms with E-state index in [0.717, 1.165) is 5.69 Å². The molecule has 0 saturated heterocycles. The van der Waals surface area contributed by atoms with Crippen LogP contribution in [0, 0.1) is 0 Å². The molecule has 1 N–H and O–H groups in total. The average Bonchev–Trinajstić information content (AvgIpc) is 2.67. The summed E-state index contributed by atoms with van der Waals surface area (Å²) in [5.74, 6) is 0. The highest BCUT2D eigenvalue weighted by molar-refractivity contribution is 6.87. The minimum absolute atomic E-state index is 1.12. The summed E-state index contributed by atoms with van der Waals surface area (Å²) in [4.78, 5) is 7.89. The molecule has 1 aromatic carbocycles. The number of hydrogen-bond acceptors (Lipinski definition) is 1. The monoisotopic (exact) mass is 216 g/mol. The van der Waals surface area contributed by atoms with E-state index in [0.29, 0.717) is 0 Å². The standard InChI is InChI=1S/C12H16N2Si/c1-15(2,3)12-13-9-11(14-12)10-7-5-4-6-8-10/h4-9H,1-3H3,(H,13,14). The molecule has 0 unspecified atom stereocenters. The third kappa shape index (κ3) is 2.18. The molecule has 0 bridgehead atoms. The maximum Gasteiger partial charge on any atom is 0.123 e. The van der Waals surface area contributed by atoms with Gasteiger partial charge in [0.15, 0.2) is 0 Å². The van der Waals surface area contributed by atoms with Crippen LogP contribution in [0.1, 0.15) is 0 Å². The first-order chi connectivity index (χ1) is 7.07. The third-order valence-electron chi connectivity index (χ3n) is 2.37. The van der Waals surface area contributed by atoms with Gasteiger partial charge in [-0.05, 0) is 5.56 Å². The van der Waals surface area contributed by atoms with Crippen molar-refractivity contribution < 1.29 is 0 Å². The molecule has 0 amide bonds. The zero-order valence-electron chi connectivity index (χ0n) is 9.41. The van der Waals surface area contributed by atoms with Crippen LogP contribution < -0.4 is 5.45 Å². The summed E-state index contributed by atoms with van der Waals surface area (Å²) in [7, 11) is -1.31. The summed E-state index contributed by atoms with van der Waals surface area (Å²) in [5.41, 5.74) is 3.49. The van der Waals surface area contributed by atoms with Crippen molar-refractivity contribution in [3.05, 3.63) is 36.5 Å². The van der Waals surface area contributed by atoms with Crippen molar-refractivity contribution in [1.82, 2.24) is 9.97 Å². The van der Waals surface area contributed by atoms with Gasteiger partial charge in [0.2, 0.25) is 0 Å². The lowest BCUT2D eigenvalue weighted by Gasteiger charge is -2.11. The van der Waals surface area contributed by atoms with Crippen LogP contribution in [0.4, 0.5) is 0 Å². The number of aromatic nitrogens is 2. The van der Waals surface area contributed by atoms with Crippen LogP contribution in [0.2, 0.25) is 19.6 Å². The van der Waals surface area contributed by atoms with Crippen molar-refractivity contribution in [2.75, 3.05) is 0 Å². The van der Waals surface area contributed by atoms with Gasteiger partial charge >= 0.3 is 0 Å². The highest BCUT2D eigenvalue weighted by Gasteiger charge is 2.20. The molecule has 1 heterocycles. The van der Waals surface area contributed by atoms with Gasteiger partial charge in [-0.15, -0.1) is 0 Å². The molecule has 0 aliphatic rings. The first kappa shape index (κ1) is 10.2. The first-order valence-electron chi connectivity index (χ1n) is 5.18. The Labute approximate surface area is 91.4 Å². The van der Waals surface area contributed by atoms with Gasteiger partial charge < -0.3 is 4.98 Å². The minimum atomic E-state index is -1.31. The van der Waals surface area contributed by atoms with Gasteiger partial charge in [-0.3, -0.25) is 0 Å². The van der Waals surface area contributed by atoms with Crippen molar-refractivity contribution in [2.45, 2.75) is 19.6 Å². The molecule has 0 aliphatic heterocycles. The minimum Gasteiger partial charge on any atom is -0.346 e. The molecule has 0 spiro atoms. The summed E-state index contributed by atoms with van der Waals surface area (Å²) in [5, 5.41) is 0. The average molecular weight is 216 g/mol. The van der Waals surface area contributed by atoms with Gasteiger partial charge in [0.25, 0.3) is 0 Å². The number of imidazole rings is 1. The Kier molecular flexibility index (Phi) is 2.48. The fraction of sp³-hybridized carbons (Fsp3) is 0.250. The lowest BCUT2D eigenvalue weighted by Crippen LogP contribution is -2.40. The maximum atomic E-state index is 4.47. The van der Waals surface area contributed by atoms with Gasteiger partial charge in [0.1, 0.15) is 8.07 Å². The van der Waals surface area contributed by atoms with E-state index in [2.05, 4.69) is 41.7 Å². The van der Waals surface area contributed by atoms with Crippen molar-refractivity contribution in [1.29, 1.82) is 0 Å². The number of H-pyrrole nitrogens is 1. The molecule has 0 aliphatic carbocycles. The van der Waals surface area contributed by atoms with E-state index in [1.807, 2.05) is 24.4 Å². The third-order valence-corrected chi connectivity index (χ3v) is 4.05. The molecular weight excluding hydrogens is 200 g/mol. The van der Waals surface area contributed by atoms with E-state index in [1.54, 1.807) is 0 Å². The van der Waals surface area contributed by atoms with Crippen molar-refractivity contribution in [3.8, 4) is 11.3 Å². The summed E-state index contributed by atoms with van der Waals surface area (Å²) >= 11 is 0. The smallest absolute Gasteiger partial charge is 0.123 e. The summed E-state index contributed by atoms with van der Waals surface area (Å²) in [6, 6.07) is 10.3. The number of rotatable bonds is 2. The largest absolute Gasteiger partial charge is 0.346 e. The Morgan fingerprint density at radius 2 is 1.73 bits per heavy atom. The highest BCUT2D eigenvalue weighted by atomic mass is 28.3. The molecule has 15 heavy (non-hydrogen) atoms. The lowest BCUT2D eigenvalue weighted by atomic mass is 10.2. The van der Waals surface area contributed by atoms with Crippen molar-refractivity contribution >= 4 is 13.5 Å². The summed E-state index contributed by atoms with van der Waals surface area (Å²) in [6.45, 7) is 6.88. The SMILES string of the molecule is C[Si](C)(C)c1ncc(-c2ccccc2)[nH]1. The Morgan fingerprint density at radius 1 is 1.07 bits per heavy atom. The van der Waals surface area contributed by atoms with E-state index in [1.165, 1.54) is 11.0 Å². The molecule has 0 radical (unpaired) electrons. The second-order valence-electron chi connectivity index (χ2n) is 4.76. The predicted molar refractivity (Wildman–Crippen MR) is 67.0 cm³/mol. The molecular formula is C12H16N2Si. The lowest BCUT2D eigenvalue weighted by molar-refractivity contribution is 1.36. The fourth-order valence-corrected chi connectivity index (χ4v) is 2.43. The van der Waals surface area contributed by atoms with Crippen LogP contribution in [0.5, 0.6) is 0 Å². The van der Waals surface area contributed by atoms with E-state index in [-0.39, 0.29) is 0 Å². The Morgan fingerprint density at radius 3 is 2.27 bits per heavy atom. The van der Waals surface area contributed by atoms with E-state index >= 15 is 0 Å². The van der Waals surface area contributed by atoms with Gasteiger partial charge in [-0.2, -0.15) is 0 Å². The molecule has 2 nitrogen and oxygen atoms in total. The molecule has 2 rings (SSSR count). The molecule has 0 saturated carbocycles. The van der Waals surface area contributed by atoms with Crippen LogP contribution in [-0.2, 0) is 0 Å². The number of aromatic amines is 1. The quantitative estimate of drug-likeness (QED) is 0.768. The topological polar surface area (TPSA) is 28.7 Å². The molecule has 2 aromatic rings. The van der Waals surface area contributed by atoms with Gasteiger partial charge in [0, 0.05) is 0 Å². The predicted octanol–water partition coefficient (Wildman–Crippen LogP) is 2.62. The Hall–Kier alpha value is -1.35. The Bertz CT molecular complexity index is 440. The van der Waals surface area contributed by atoms with Crippen LogP contribution in [0.25, 0.3) is 11.3 Å². The number of benzene rings is 1. The summed E-state index contributed by atoms with van der Waals surface area (Å²) < 4.78 is 0. The Balaban J connectivity index is 2.37. The number of nitrogens with one attached hydrogen (secondary N) is 1. The van der Waals surface area contributed by atoms with E-state index < -0.39 is 8.07 Å². The molecule has 1 aromatic heterocycles. The zero-order chi connectivity index (χ0) is 10.9. The second kappa shape index (κ2) is 3.66. The fourth-order valence-electron chi connectivity index (χ4n) is 1.47. The van der Waals surface area contributed by atoms with Crippen LogP contribution in [0.15, 0.2) is 36.5 Å². The van der Waals surface area contributed by atoms with Gasteiger partial charge in [0.05, 0.1) is 17.3 Å². The van der Waals surface area contributed by atoms with E-state index in [4.69, 9.17) is 0 Å². The van der Waals surface area contributed by atoms with E-state index in [9.17, 15) is 0 Å². The number of hydrogen-bond donors (Lipinski definition) is 1. The first-order valence-corrected chi connectivity index (χ1v) is 8.68. The van der Waals surface area contributed by atoms with Gasteiger partial charge in [-0.1, -0.05) is 50.0 Å². The number of nitrogens with zero attached hydrogens (tertiary/aromatic N) is 1. The van der Waals surface area contributed by atoms with Crippen LogP contribution in [0.3, 0.4) is 0 Å². The zero-order valence-corrected chi connectivity index (χ0v) is 10.4. The molecule has 0 fully saturated rings. The van der Waals surface area contributed by atoms with Crippen LogP contribution >= 0.6 is 0 Å². The van der Waals surface area contributed by atoms with Crippen molar-refractivity contribution in [2.24, 2.45) is 0 Å². The summed E-state index contributed by atoms with van der Waals surface area (Å²) in [6.07, 6.45) is 1.93. The molecule has 78 valence electrons. The highest BCUT2D eigenvalue weighted by Crippen LogP contribution is 2.14. The van der Waals surface area contributed by atoms with Gasteiger partial charge in [-0.25, -0.2) is 4.98 Å². The van der Waals surface area contributed by atoms with Crippen molar-refractivity contribution in [3.63, 3.8) is 0 Å².